The number of ether oxygens (including phenoxy) is 2. The smallest absolute Gasteiger partial charge is 0.257 e. The van der Waals surface area contributed by atoms with Crippen LogP contribution in [0.15, 0.2) is 53.5 Å². The van der Waals surface area contributed by atoms with Crippen LogP contribution < -0.4 is 20.1 Å². The van der Waals surface area contributed by atoms with E-state index in [-0.39, 0.29) is 5.91 Å². The number of carbonyl (C=O) groups excluding carboxylic acids is 1. The molecule has 1 aromatic heterocycles. The quantitative estimate of drug-likeness (QED) is 0.501. The molecule has 1 aliphatic rings. The third-order valence-electron chi connectivity index (χ3n) is 5.13. The molecular formula is C23H25N5O3. The summed E-state index contributed by atoms with van der Waals surface area (Å²) >= 11 is 0. The first-order valence-corrected chi connectivity index (χ1v) is 10.1. The number of aliphatic imine (C=N–C) groups is 1. The van der Waals surface area contributed by atoms with Gasteiger partial charge in [0.25, 0.3) is 5.91 Å². The van der Waals surface area contributed by atoms with E-state index in [2.05, 4.69) is 20.7 Å². The van der Waals surface area contributed by atoms with Crippen molar-refractivity contribution in [2.24, 2.45) is 12.0 Å². The highest BCUT2D eigenvalue weighted by Gasteiger charge is 2.15. The second-order valence-electron chi connectivity index (χ2n) is 7.24. The van der Waals surface area contributed by atoms with Crippen molar-refractivity contribution < 1.29 is 14.3 Å². The summed E-state index contributed by atoms with van der Waals surface area (Å²) in [5.41, 5.74) is 4.26. The lowest BCUT2D eigenvalue weighted by molar-refractivity contribution is 0.0977. The molecule has 0 aliphatic carbocycles. The summed E-state index contributed by atoms with van der Waals surface area (Å²) in [6.45, 7) is 5.37. The molecule has 8 nitrogen and oxygen atoms in total. The van der Waals surface area contributed by atoms with Crippen molar-refractivity contribution in [2.45, 2.75) is 20.4 Å². The van der Waals surface area contributed by atoms with Crippen LogP contribution in [0, 0.1) is 13.8 Å². The summed E-state index contributed by atoms with van der Waals surface area (Å²) in [5.74, 6) is 1.45. The van der Waals surface area contributed by atoms with E-state index in [1.165, 1.54) is 0 Å². The summed E-state index contributed by atoms with van der Waals surface area (Å²) in [7, 11) is 1.90. The summed E-state index contributed by atoms with van der Waals surface area (Å²) in [6.07, 6.45) is 0. The number of benzene rings is 2. The predicted octanol–water partition coefficient (Wildman–Crippen LogP) is 3.21. The van der Waals surface area contributed by atoms with Crippen LogP contribution in [0.4, 0.5) is 5.69 Å². The van der Waals surface area contributed by atoms with Gasteiger partial charge in [0.15, 0.2) is 11.5 Å². The van der Waals surface area contributed by atoms with Gasteiger partial charge in [0.1, 0.15) is 13.2 Å². The highest BCUT2D eigenvalue weighted by molar-refractivity contribution is 6.10. The van der Waals surface area contributed by atoms with Crippen LogP contribution in [0.2, 0.25) is 0 Å². The van der Waals surface area contributed by atoms with Crippen molar-refractivity contribution in [2.75, 3.05) is 18.5 Å². The molecule has 0 unspecified atom stereocenters. The van der Waals surface area contributed by atoms with Gasteiger partial charge in [-0.3, -0.25) is 14.8 Å². The highest BCUT2D eigenvalue weighted by Crippen LogP contribution is 2.32. The van der Waals surface area contributed by atoms with E-state index in [1.807, 2.05) is 62.0 Å². The van der Waals surface area contributed by atoms with Crippen molar-refractivity contribution in [1.82, 2.24) is 15.1 Å². The summed E-state index contributed by atoms with van der Waals surface area (Å²) in [5, 5.41) is 10.5. The number of nitrogens with one attached hydrogen (secondary N) is 2. The standard InChI is InChI=1S/C23H25N5O3/c1-15-19(16(2)28(3)27-15)14-24-23(26-22(29)17-7-5-4-6-8-17)25-18-9-10-20-21(13-18)31-12-11-30-20/h4-10,13H,11-12,14H2,1-3H3,(H2,24,25,26,29). The molecular weight excluding hydrogens is 394 g/mol. The molecule has 0 bridgehead atoms. The molecule has 8 heteroatoms. The third kappa shape index (κ3) is 4.69. The zero-order valence-electron chi connectivity index (χ0n) is 17.8. The Morgan fingerprint density at radius 1 is 1.10 bits per heavy atom. The van der Waals surface area contributed by atoms with Crippen LogP contribution in [0.25, 0.3) is 0 Å². The summed E-state index contributed by atoms with van der Waals surface area (Å²) in [6, 6.07) is 14.6. The monoisotopic (exact) mass is 419 g/mol. The molecule has 3 aromatic rings. The number of amides is 1. The van der Waals surface area contributed by atoms with Crippen molar-refractivity contribution in [3.05, 3.63) is 71.0 Å². The lowest BCUT2D eigenvalue weighted by atomic mass is 10.2. The second kappa shape index (κ2) is 8.91. The number of hydrogen-bond acceptors (Lipinski definition) is 5. The van der Waals surface area contributed by atoms with E-state index in [1.54, 1.807) is 12.1 Å². The van der Waals surface area contributed by atoms with Gasteiger partial charge in [-0.05, 0) is 38.1 Å². The first kappa shape index (κ1) is 20.5. The van der Waals surface area contributed by atoms with Gasteiger partial charge < -0.3 is 14.8 Å². The average molecular weight is 419 g/mol. The number of fused-ring (bicyclic) bond motifs is 1. The van der Waals surface area contributed by atoms with Crippen LogP contribution >= 0.6 is 0 Å². The molecule has 2 N–H and O–H groups in total. The van der Waals surface area contributed by atoms with Gasteiger partial charge in [0.2, 0.25) is 5.96 Å². The molecule has 31 heavy (non-hydrogen) atoms. The van der Waals surface area contributed by atoms with Gasteiger partial charge >= 0.3 is 0 Å². The van der Waals surface area contributed by atoms with Crippen LogP contribution in [0.5, 0.6) is 11.5 Å². The molecule has 0 radical (unpaired) electrons. The fourth-order valence-electron chi connectivity index (χ4n) is 3.34. The molecule has 0 atom stereocenters. The molecule has 4 rings (SSSR count). The third-order valence-corrected chi connectivity index (χ3v) is 5.13. The van der Waals surface area contributed by atoms with E-state index >= 15 is 0 Å². The fraction of sp³-hybridized carbons (Fsp3) is 0.261. The van der Waals surface area contributed by atoms with E-state index < -0.39 is 0 Å². The van der Waals surface area contributed by atoms with E-state index in [9.17, 15) is 4.79 Å². The Labute approximate surface area is 180 Å². The van der Waals surface area contributed by atoms with E-state index in [0.29, 0.717) is 42.8 Å². The minimum absolute atomic E-state index is 0.246. The topological polar surface area (TPSA) is 89.8 Å². The molecule has 1 amide bonds. The minimum Gasteiger partial charge on any atom is -0.486 e. The minimum atomic E-state index is -0.246. The van der Waals surface area contributed by atoms with Gasteiger partial charge in [0, 0.05) is 35.6 Å². The SMILES string of the molecule is Cc1nn(C)c(C)c1CN=C(NC(=O)c1ccccc1)Nc1ccc2c(c1)OCCO2. The second-order valence-corrected chi connectivity index (χ2v) is 7.24. The number of carbonyl (C=O) groups is 1. The number of aryl methyl sites for hydroxylation is 2. The Kier molecular flexibility index (Phi) is 5.88. The predicted molar refractivity (Wildman–Crippen MR) is 119 cm³/mol. The number of rotatable bonds is 4. The Balaban J connectivity index is 1.59. The van der Waals surface area contributed by atoms with Crippen LogP contribution in [0.3, 0.4) is 0 Å². The number of nitrogens with zero attached hydrogens (tertiary/aromatic N) is 3. The molecule has 0 fully saturated rings. The Hall–Kier alpha value is -3.81. The van der Waals surface area contributed by atoms with Gasteiger partial charge in [-0.1, -0.05) is 18.2 Å². The molecule has 0 saturated carbocycles. The average Bonchev–Trinajstić information content (AvgIpc) is 3.03. The Bertz CT molecular complexity index is 1120. The molecule has 160 valence electrons. The zero-order chi connectivity index (χ0) is 21.8. The number of aromatic nitrogens is 2. The first-order chi connectivity index (χ1) is 15.0. The van der Waals surface area contributed by atoms with Crippen LogP contribution in [-0.4, -0.2) is 34.9 Å². The van der Waals surface area contributed by atoms with Crippen molar-refractivity contribution >= 4 is 17.6 Å². The van der Waals surface area contributed by atoms with Gasteiger partial charge in [-0.25, -0.2) is 4.99 Å². The molecule has 0 saturated heterocycles. The first-order valence-electron chi connectivity index (χ1n) is 10.1. The maximum absolute atomic E-state index is 12.7. The van der Waals surface area contributed by atoms with Gasteiger partial charge in [-0.2, -0.15) is 5.10 Å². The van der Waals surface area contributed by atoms with Crippen molar-refractivity contribution in [3.63, 3.8) is 0 Å². The lowest BCUT2D eigenvalue weighted by Crippen LogP contribution is -2.36. The molecule has 0 spiro atoms. The molecule has 2 aromatic carbocycles. The van der Waals surface area contributed by atoms with Crippen LogP contribution in [0.1, 0.15) is 27.3 Å². The van der Waals surface area contributed by atoms with Crippen molar-refractivity contribution in [1.29, 1.82) is 0 Å². The lowest BCUT2D eigenvalue weighted by Gasteiger charge is -2.19. The van der Waals surface area contributed by atoms with Crippen LogP contribution in [-0.2, 0) is 13.6 Å². The number of hydrogen-bond donors (Lipinski definition) is 2. The largest absolute Gasteiger partial charge is 0.486 e. The summed E-state index contributed by atoms with van der Waals surface area (Å²) < 4.78 is 13.1. The highest BCUT2D eigenvalue weighted by atomic mass is 16.6. The number of anilines is 1. The maximum Gasteiger partial charge on any atom is 0.257 e. The number of guanidine groups is 1. The van der Waals surface area contributed by atoms with Gasteiger partial charge in [0.05, 0.1) is 12.2 Å². The Morgan fingerprint density at radius 3 is 2.55 bits per heavy atom. The normalized spacial score (nSPS) is 13.1. The van der Waals surface area contributed by atoms with Crippen molar-refractivity contribution in [3.8, 4) is 11.5 Å². The zero-order valence-corrected chi connectivity index (χ0v) is 17.8. The maximum atomic E-state index is 12.7. The van der Waals surface area contributed by atoms with E-state index in [4.69, 9.17) is 9.47 Å². The fourth-order valence-corrected chi connectivity index (χ4v) is 3.34. The van der Waals surface area contributed by atoms with E-state index in [0.717, 1.165) is 22.6 Å². The molecule has 2 heterocycles. The summed E-state index contributed by atoms with van der Waals surface area (Å²) in [4.78, 5) is 17.4. The van der Waals surface area contributed by atoms with Gasteiger partial charge in [-0.15, -0.1) is 0 Å². The molecule has 1 aliphatic heterocycles. The Morgan fingerprint density at radius 2 is 1.84 bits per heavy atom.